The van der Waals surface area contributed by atoms with Gasteiger partial charge in [0, 0.05) is 16.9 Å². The molecule has 96 valence electrons. The summed E-state index contributed by atoms with van der Waals surface area (Å²) < 4.78 is 3.87. The fourth-order valence-corrected chi connectivity index (χ4v) is 2.71. The smallest absolute Gasteiger partial charge is 0.267 e. The van der Waals surface area contributed by atoms with E-state index in [0.717, 1.165) is 4.47 Å². The second kappa shape index (κ2) is 4.83. The summed E-state index contributed by atoms with van der Waals surface area (Å²) in [7, 11) is 0. The molecule has 0 N–H and O–H groups in total. The average molecular weight is 339 g/mol. The Bertz CT molecular complexity index is 795. The second-order valence-corrected chi connectivity index (χ2v) is 5.10. The maximum Gasteiger partial charge on any atom is 0.281 e. The first-order valence-corrected chi connectivity index (χ1v) is 6.95. The predicted octanol–water partition coefficient (Wildman–Crippen LogP) is 3.01. The molecule has 0 fully saturated rings. The molecule has 0 radical (unpaired) electrons. The SMILES string of the molecule is O=c1c2c(Br)cccc2nc(CCl)n1-n1cccc1. The third kappa shape index (κ3) is 1.99. The summed E-state index contributed by atoms with van der Waals surface area (Å²) in [6.45, 7) is 0. The molecule has 0 saturated heterocycles. The van der Waals surface area contributed by atoms with Crippen molar-refractivity contribution in [2.45, 2.75) is 5.88 Å². The lowest BCUT2D eigenvalue weighted by molar-refractivity contribution is 0.599. The molecule has 0 spiro atoms. The van der Waals surface area contributed by atoms with Gasteiger partial charge in [0.2, 0.25) is 0 Å². The molecule has 2 heterocycles. The zero-order chi connectivity index (χ0) is 13.4. The molecule has 3 rings (SSSR count). The molecule has 19 heavy (non-hydrogen) atoms. The van der Waals surface area contributed by atoms with E-state index in [1.54, 1.807) is 23.1 Å². The standard InChI is InChI=1S/C13H9BrClN3O/c14-9-4-3-5-10-12(9)13(19)18(11(8-15)16-10)17-6-1-2-7-17/h1-7H,8H2. The summed E-state index contributed by atoms with van der Waals surface area (Å²) >= 11 is 9.31. The molecular formula is C13H9BrClN3O. The number of fused-ring (bicyclic) bond motifs is 1. The lowest BCUT2D eigenvalue weighted by atomic mass is 10.2. The number of halogens is 2. The average Bonchev–Trinajstić information content (AvgIpc) is 2.91. The van der Waals surface area contributed by atoms with Crippen molar-refractivity contribution in [3.63, 3.8) is 0 Å². The molecule has 0 bridgehead atoms. The Kier molecular flexibility index (Phi) is 3.16. The van der Waals surface area contributed by atoms with Crippen LogP contribution in [0, 0.1) is 0 Å². The van der Waals surface area contributed by atoms with Crippen LogP contribution in [-0.4, -0.2) is 14.3 Å². The van der Waals surface area contributed by atoms with Crippen LogP contribution in [0.4, 0.5) is 0 Å². The molecule has 0 saturated carbocycles. The third-order valence-electron chi connectivity index (χ3n) is 2.83. The molecule has 0 unspecified atom stereocenters. The maximum absolute atomic E-state index is 12.6. The van der Waals surface area contributed by atoms with Crippen molar-refractivity contribution in [2.75, 3.05) is 0 Å². The van der Waals surface area contributed by atoms with E-state index >= 15 is 0 Å². The molecular weight excluding hydrogens is 330 g/mol. The first-order valence-electron chi connectivity index (χ1n) is 5.62. The van der Waals surface area contributed by atoms with Crippen molar-refractivity contribution >= 4 is 38.4 Å². The third-order valence-corrected chi connectivity index (χ3v) is 3.73. The Hall–Kier alpha value is -1.59. The highest BCUT2D eigenvalue weighted by molar-refractivity contribution is 9.10. The van der Waals surface area contributed by atoms with E-state index in [4.69, 9.17) is 11.6 Å². The highest BCUT2D eigenvalue weighted by Crippen LogP contribution is 2.19. The number of benzene rings is 1. The van der Waals surface area contributed by atoms with Crippen LogP contribution in [0.25, 0.3) is 10.9 Å². The normalized spacial score (nSPS) is 11.1. The monoisotopic (exact) mass is 337 g/mol. The van der Waals surface area contributed by atoms with Gasteiger partial charge in [-0.1, -0.05) is 6.07 Å². The summed E-state index contributed by atoms with van der Waals surface area (Å²) in [5.41, 5.74) is 0.489. The van der Waals surface area contributed by atoms with Gasteiger partial charge in [-0.05, 0) is 40.2 Å². The van der Waals surface area contributed by atoms with Crippen LogP contribution >= 0.6 is 27.5 Å². The first-order chi connectivity index (χ1) is 9.22. The lowest BCUT2D eigenvalue weighted by Gasteiger charge is -2.13. The van der Waals surface area contributed by atoms with Crippen molar-refractivity contribution in [3.05, 3.63) is 63.4 Å². The maximum atomic E-state index is 12.6. The number of hydrogen-bond acceptors (Lipinski definition) is 2. The predicted molar refractivity (Wildman–Crippen MR) is 78.5 cm³/mol. The summed E-state index contributed by atoms with van der Waals surface area (Å²) in [6.07, 6.45) is 3.56. The van der Waals surface area contributed by atoms with Crippen molar-refractivity contribution in [1.29, 1.82) is 0 Å². The summed E-state index contributed by atoms with van der Waals surface area (Å²) in [6, 6.07) is 9.16. The number of rotatable bonds is 2. The number of aromatic nitrogens is 3. The second-order valence-electron chi connectivity index (χ2n) is 3.98. The van der Waals surface area contributed by atoms with Gasteiger partial charge in [-0.25, -0.2) is 4.98 Å². The fourth-order valence-electron chi connectivity index (χ4n) is 2.01. The van der Waals surface area contributed by atoms with Crippen molar-refractivity contribution < 1.29 is 0 Å². The molecule has 0 aliphatic rings. The highest BCUT2D eigenvalue weighted by Gasteiger charge is 2.13. The quantitative estimate of drug-likeness (QED) is 0.674. The van der Waals surface area contributed by atoms with E-state index in [0.29, 0.717) is 16.7 Å². The Morgan fingerprint density at radius 2 is 1.95 bits per heavy atom. The Balaban J connectivity index is 2.47. The van der Waals surface area contributed by atoms with Gasteiger partial charge in [-0.2, -0.15) is 4.68 Å². The molecule has 3 aromatic rings. The lowest BCUT2D eigenvalue weighted by Crippen LogP contribution is -2.29. The number of alkyl halides is 1. The molecule has 4 nitrogen and oxygen atoms in total. The fraction of sp³-hybridized carbons (Fsp3) is 0.0769. The van der Waals surface area contributed by atoms with E-state index in [9.17, 15) is 4.79 Å². The minimum Gasteiger partial charge on any atom is -0.267 e. The van der Waals surface area contributed by atoms with Gasteiger partial charge in [-0.15, -0.1) is 11.6 Å². The summed E-state index contributed by atoms with van der Waals surface area (Å²) in [5.74, 6) is 0.670. The van der Waals surface area contributed by atoms with E-state index in [1.807, 2.05) is 24.3 Å². The van der Waals surface area contributed by atoms with Crippen LogP contribution in [0.2, 0.25) is 0 Å². The van der Waals surface area contributed by atoms with Crippen molar-refractivity contribution in [3.8, 4) is 0 Å². The zero-order valence-corrected chi connectivity index (χ0v) is 12.1. The van der Waals surface area contributed by atoms with Crippen LogP contribution in [0.3, 0.4) is 0 Å². The summed E-state index contributed by atoms with van der Waals surface area (Å²) in [5, 5.41) is 0.546. The molecule has 0 aliphatic carbocycles. The van der Waals surface area contributed by atoms with E-state index in [2.05, 4.69) is 20.9 Å². The van der Waals surface area contributed by atoms with E-state index in [1.165, 1.54) is 4.68 Å². The topological polar surface area (TPSA) is 39.8 Å². The van der Waals surface area contributed by atoms with Gasteiger partial charge >= 0.3 is 0 Å². The zero-order valence-electron chi connectivity index (χ0n) is 9.75. The summed E-state index contributed by atoms with van der Waals surface area (Å²) in [4.78, 5) is 17.1. The largest absolute Gasteiger partial charge is 0.281 e. The minimum atomic E-state index is -0.149. The Morgan fingerprint density at radius 3 is 2.63 bits per heavy atom. The van der Waals surface area contributed by atoms with Gasteiger partial charge in [-0.3, -0.25) is 9.47 Å². The van der Waals surface area contributed by atoms with Crippen LogP contribution in [0.1, 0.15) is 5.82 Å². The number of hydrogen-bond donors (Lipinski definition) is 0. The molecule has 0 aliphatic heterocycles. The Morgan fingerprint density at radius 1 is 1.21 bits per heavy atom. The van der Waals surface area contributed by atoms with Crippen LogP contribution in [0.15, 0.2) is 52.0 Å². The highest BCUT2D eigenvalue weighted by atomic mass is 79.9. The molecule has 0 atom stereocenters. The van der Waals surface area contributed by atoms with Gasteiger partial charge in [0.05, 0.1) is 16.8 Å². The molecule has 6 heteroatoms. The minimum absolute atomic E-state index is 0.149. The van der Waals surface area contributed by atoms with E-state index in [-0.39, 0.29) is 11.4 Å². The molecule has 1 aromatic carbocycles. The molecule has 2 aromatic heterocycles. The van der Waals surface area contributed by atoms with Gasteiger partial charge in [0.25, 0.3) is 5.56 Å². The van der Waals surface area contributed by atoms with Gasteiger partial charge < -0.3 is 0 Å². The van der Waals surface area contributed by atoms with Crippen LogP contribution in [-0.2, 0) is 5.88 Å². The van der Waals surface area contributed by atoms with Gasteiger partial charge in [0.15, 0.2) is 0 Å². The van der Waals surface area contributed by atoms with E-state index < -0.39 is 0 Å². The number of nitrogens with zero attached hydrogens (tertiary/aromatic N) is 3. The molecule has 0 amide bonds. The first kappa shape index (κ1) is 12.4. The van der Waals surface area contributed by atoms with Crippen molar-refractivity contribution in [1.82, 2.24) is 14.3 Å². The van der Waals surface area contributed by atoms with Crippen LogP contribution < -0.4 is 5.56 Å². The van der Waals surface area contributed by atoms with Crippen LogP contribution in [0.5, 0.6) is 0 Å². The Labute approximate surface area is 122 Å². The van der Waals surface area contributed by atoms with Crippen molar-refractivity contribution in [2.24, 2.45) is 0 Å². The van der Waals surface area contributed by atoms with Gasteiger partial charge in [0.1, 0.15) is 5.82 Å².